The van der Waals surface area contributed by atoms with Crippen LogP contribution in [0.2, 0.25) is 0 Å². The first-order valence-corrected chi connectivity index (χ1v) is 5.93. The van der Waals surface area contributed by atoms with Crippen molar-refractivity contribution in [2.24, 2.45) is 0 Å². The van der Waals surface area contributed by atoms with E-state index in [1.165, 1.54) is 4.68 Å². The third-order valence-electron chi connectivity index (χ3n) is 3.36. The molecule has 3 N–H and O–H groups in total. The second-order valence-corrected chi connectivity index (χ2v) is 4.61. The van der Waals surface area contributed by atoms with E-state index in [1.54, 1.807) is 6.20 Å². The van der Waals surface area contributed by atoms with Gasteiger partial charge in [-0.25, -0.2) is 4.63 Å². The summed E-state index contributed by atoms with van der Waals surface area (Å²) in [6.07, 6.45) is 6.18. The van der Waals surface area contributed by atoms with Crippen LogP contribution in [0.1, 0.15) is 37.8 Å². The van der Waals surface area contributed by atoms with Crippen molar-refractivity contribution in [2.45, 2.75) is 37.7 Å². The highest BCUT2D eigenvalue weighted by molar-refractivity contribution is 5.43. The number of anilines is 1. The summed E-state index contributed by atoms with van der Waals surface area (Å²) in [5.74, 6) is 0.426. The summed E-state index contributed by atoms with van der Waals surface area (Å²) >= 11 is 0. The topological polar surface area (TPSA) is 116 Å². The van der Waals surface area contributed by atoms with E-state index in [0.717, 1.165) is 19.3 Å². The Balaban J connectivity index is 1.92. The smallest absolute Gasteiger partial charge is 0.243 e. The van der Waals surface area contributed by atoms with E-state index in [1.807, 2.05) is 0 Å². The minimum absolute atomic E-state index is 0.141. The van der Waals surface area contributed by atoms with Crippen molar-refractivity contribution >= 4 is 5.82 Å². The molecule has 0 aliphatic heterocycles. The zero-order valence-electron chi connectivity index (χ0n) is 9.78. The molecule has 2 aromatic heterocycles. The molecule has 0 aromatic carbocycles. The summed E-state index contributed by atoms with van der Waals surface area (Å²) in [6.45, 7) is 0. The monoisotopic (exact) mass is 250 g/mol. The molecule has 1 aliphatic rings. The Morgan fingerprint density at radius 2 is 2.06 bits per heavy atom. The zero-order valence-corrected chi connectivity index (χ0v) is 9.78. The van der Waals surface area contributed by atoms with Crippen molar-refractivity contribution in [3.8, 4) is 5.82 Å². The molecule has 0 radical (unpaired) electrons. The molecule has 0 amide bonds. The minimum Gasteiger partial charge on any atom is -0.383 e. The van der Waals surface area contributed by atoms with E-state index >= 15 is 0 Å². The highest BCUT2D eigenvalue weighted by Crippen LogP contribution is 2.35. The van der Waals surface area contributed by atoms with Gasteiger partial charge in [0.25, 0.3) is 0 Å². The lowest BCUT2D eigenvalue weighted by atomic mass is 9.83. The lowest BCUT2D eigenvalue weighted by molar-refractivity contribution is -0.00472. The van der Waals surface area contributed by atoms with Crippen LogP contribution in [0.4, 0.5) is 5.82 Å². The predicted octanol–water partition coefficient (Wildman–Crippen LogP) is 0.384. The third-order valence-corrected chi connectivity index (χ3v) is 3.36. The fourth-order valence-corrected chi connectivity index (χ4v) is 2.32. The first-order chi connectivity index (χ1) is 8.69. The van der Waals surface area contributed by atoms with E-state index in [2.05, 4.69) is 25.3 Å². The maximum Gasteiger partial charge on any atom is 0.243 e. The quantitative estimate of drug-likeness (QED) is 0.791. The van der Waals surface area contributed by atoms with Gasteiger partial charge in [0.05, 0.1) is 6.20 Å². The van der Waals surface area contributed by atoms with Gasteiger partial charge >= 0.3 is 0 Å². The van der Waals surface area contributed by atoms with E-state index in [0.29, 0.717) is 18.5 Å². The molecule has 8 nitrogen and oxygen atoms in total. The molecule has 2 heterocycles. The van der Waals surface area contributed by atoms with E-state index < -0.39 is 5.60 Å². The molecule has 1 fully saturated rings. The molecule has 18 heavy (non-hydrogen) atoms. The van der Waals surface area contributed by atoms with Gasteiger partial charge < -0.3 is 10.8 Å². The van der Waals surface area contributed by atoms with Crippen LogP contribution >= 0.6 is 0 Å². The molecule has 0 atom stereocenters. The molecule has 8 heteroatoms. The second kappa shape index (κ2) is 4.05. The van der Waals surface area contributed by atoms with Crippen LogP contribution in [0.5, 0.6) is 0 Å². The zero-order chi connectivity index (χ0) is 12.6. The molecule has 2 aromatic rings. The molecule has 96 valence electrons. The summed E-state index contributed by atoms with van der Waals surface area (Å²) in [6, 6.07) is 0. The summed E-state index contributed by atoms with van der Waals surface area (Å²) in [4.78, 5) is 0. The normalized spacial score (nSPS) is 18.9. The first-order valence-electron chi connectivity index (χ1n) is 5.93. The Morgan fingerprint density at radius 3 is 2.72 bits per heavy atom. The molecule has 0 spiro atoms. The van der Waals surface area contributed by atoms with Crippen LogP contribution in [0.15, 0.2) is 10.8 Å². The van der Waals surface area contributed by atoms with Crippen LogP contribution < -0.4 is 5.73 Å². The Kier molecular flexibility index (Phi) is 2.51. The van der Waals surface area contributed by atoms with Gasteiger partial charge in [-0.3, -0.25) is 0 Å². The van der Waals surface area contributed by atoms with Gasteiger partial charge in [0.2, 0.25) is 11.6 Å². The van der Waals surface area contributed by atoms with Gasteiger partial charge in [-0.2, -0.15) is 4.68 Å². The summed E-state index contributed by atoms with van der Waals surface area (Å²) in [5.41, 5.74) is 5.23. The number of hydrogen-bond acceptors (Lipinski definition) is 7. The summed E-state index contributed by atoms with van der Waals surface area (Å²) in [7, 11) is 0. The van der Waals surface area contributed by atoms with Crippen molar-refractivity contribution in [3.05, 3.63) is 11.9 Å². The SMILES string of the molecule is Nc1nonc1-n1cc(C2(O)CCCCC2)nn1. The Bertz CT molecular complexity index is 542. The van der Waals surface area contributed by atoms with Crippen molar-refractivity contribution in [3.63, 3.8) is 0 Å². The Labute approximate surface area is 103 Å². The van der Waals surface area contributed by atoms with Crippen LogP contribution in [-0.2, 0) is 5.60 Å². The number of nitrogen functional groups attached to an aromatic ring is 1. The molecular formula is C10H14N6O2. The lowest BCUT2D eigenvalue weighted by Crippen LogP contribution is -2.28. The molecule has 0 bridgehead atoms. The first kappa shape index (κ1) is 11.1. The maximum absolute atomic E-state index is 10.5. The number of aliphatic hydroxyl groups is 1. The Hall–Kier alpha value is -1.96. The van der Waals surface area contributed by atoms with Crippen LogP contribution in [0, 0.1) is 0 Å². The van der Waals surface area contributed by atoms with Crippen molar-refractivity contribution in [1.29, 1.82) is 0 Å². The van der Waals surface area contributed by atoms with Gasteiger partial charge in [-0.15, -0.1) is 5.10 Å². The van der Waals surface area contributed by atoms with Gasteiger partial charge in [-0.1, -0.05) is 24.5 Å². The number of nitrogens with zero attached hydrogens (tertiary/aromatic N) is 5. The average molecular weight is 250 g/mol. The summed E-state index contributed by atoms with van der Waals surface area (Å²) < 4.78 is 5.87. The standard InChI is InChI=1S/C10H14N6O2/c11-8-9(14-18-13-8)16-6-7(12-15-16)10(17)4-2-1-3-5-10/h6,17H,1-5H2,(H2,11,13). The van der Waals surface area contributed by atoms with Crippen molar-refractivity contribution in [1.82, 2.24) is 25.3 Å². The van der Waals surface area contributed by atoms with Gasteiger partial charge in [-0.05, 0) is 23.2 Å². The van der Waals surface area contributed by atoms with Crippen molar-refractivity contribution in [2.75, 3.05) is 5.73 Å². The molecule has 1 aliphatic carbocycles. The lowest BCUT2D eigenvalue weighted by Gasteiger charge is -2.29. The number of nitrogens with two attached hydrogens (primary N) is 1. The second-order valence-electron chi connectivity index (χ2n) is 4.61. The van der Waals surface area contributed by atoms with Crippen LogP contribution in [0.3, 0.4) is 0 Å². The molecule has 3 rings (SSSR count). The molecular weight excluding hydrogens is 236 g/mol. The molecule has 1 saturated carbocycles. The number of hydrogen-bond donors (Lipinski definition) is 2. The van der Waals surface area contributed by atoms with E-state index in [-0.39, 0.29) is 11.6 Å². The average Bonchev–Trinajstić information content (AvgIpc) is 2.98. The fourth-order valence-electron chi connectivity index (χ4n) is 2.32. The summed E-state index contributed by atoms with van der Waals surface area (Å²) in [5, 5.41) is 25.5. The van der Waals surface area contributed by atoms with Crippen LogP contribution in [0.25, 0.3) is 5.82 Å². The highest BCUT2D eigenvalue weighted by atomic mass is 16.6. The number of aromatic nitrogens is 5. The third kappa shape index (κ3) is 1.74. The van der Waals surface area contributed by atoms with Gasteiger partial charge in [0.15, 0.2) is 0 Å². The van der Waals surface area contributed by atoms with Gasteiger partial charge in [0.1, 0.15) is 11.3 Å². The van der Waals surface area contributed by atoms with Crippen molar-refractivity contribution < 1.29 is 9.74 Å². The van der Waals surface area contributed by atoms with E-state index in [9.17, 15) is 5.11 Å². The maximum atomic E-state index is 10.5. The number of rotatable bonds is 2. The molecule has 0 saturated heterocycles. The van der Waals surface area contributed by atoms with E-state index in [4.69, 9.17) is 5.73 Å². The minimum atomic E-state index is -0.886. The fraction of sp³-hybridized carbons (Fsp3) is 0.600. The van der Waals surface area contributed by atoms with Gasteiger partial charge in [0, 0.05) is 0 Å². The predicted molar refractivity (Wildman–Crippen MR) is 60.6 cm³/mol. The Morgan fingerprint density at radius 1 is 1.28 bits per heavy atom. The highest BCUT2D eigenvalue weighted by Gasteiger charge is 2.34. The van der Waals surface area contributed by atoms with Crippen LogP contribution in [-0.4, -0.2) is 30.4 Å². The largest absolute Gasteiger partial charge is 0.383 e. The molecule has 0 unspecified atom stereocenters.